The van der Waals surface area contributed by atoms with Crippen LogP contribution in [0.1, 0.15) is 22.3 Å². The van der Waals surface area contributed by atoms with Gasteiger partial charge in [-0.05, 0) is 17.7 Å². The number of rotatable bonds is 3. The lowest BCUT2D eigenvalue weighted by Gasteiger charge is -2.41. The van der Waals surface area contributed by atoms with Crippen LogP contribution in [-0.4, -0.2) is 24.1 Å². The number of carboxylic acids is 1. The molecule has 0 aliphatic carbocycles. The van der Waals surface area contributed by atoms with E-state index >= 15 is 0 Å². The molecule has 86 valence electrons. The van der Waals surface area contributed by atoms with Gasteiger partial charge < -0.3 is 9.84 Å². The van der Waals surface area contributed by atoms with Crippen LogP contribution in [0.4, 0.5) is 8.78 Å². The summed E-state index contributed by atoms with van der Waals surface area (Å²) >= 11 is 0. The van der Waals surface area contributed by atoms with E-state index in [9.17, 15) is 13.6 Å². The molecule has 3 nitrogen and oxygen atoms in total. The fourth-order valence-corrected chi connectivity index (χ4v) is 1.74. The van der Waals surface area contributed by atoms with Gasteiger partial charge in [-0.15, -0.1) is 0 Å². The summed E-state index contributed by atoms with van der Waals surface area (Å²) in [6.45, 7) is 0.311. The second kappa shape index (κ2) is 3.83. The number of halogens is 2. The van der Waals surface area contributed by atoms with Crippen molar-refractivity contribution in [3.63, 3.8) is 0 Å². The van der Waals surface area contributed by atoms with Crippen LogP contribution in [-0.2, 0) is 10.3 Å². The predicted molar refractivity (Wildman–Crippen MR) is 51.7 cm³/mol. The quantitative estimate of drug-likeness (QED) is 0.863. The van der Waals surface area contributed by atoms with Gasteiger partial charge in [0.15, 0.2) is 5.60 Å². The molecule has 2 rings (SSSR count). The maximum absolute atomic E-state index is 12.8. The minimum Gasteiger partial charge on any atom is -0.478 e. The van der Waals surface area contributed by atoms with Crippen LogP contribution >= 0.6 is 0 Å². The van der Waals surface area contributed by atoms with Crippen molar-refractivity contribution in [3.8, 4) is 0 Å². The molecule has 0 spiro atoms. The largest absolute Gasteiger partial charge is 0.478 e. The summed E-state index contributed by atoms with van der Waals surface area (Å²) in [6, 6.07) is 5.39. The Morgan fingerprint density at radius 3 is 2.25 bits per heavy atom. The monoisotopic (exact) mass is 228 g/mol. The summed E-state index contributed by atoms with van der Waals surface area (Å²) in [6.07, 6.45) is -2.34. The first-order chi connectivity index (χ1) is 7.56. The summed E-state index contributed by atoms with van der Waals surface area (Å²) in [5, 5.41) is 8.68. The van der Waals surface area contributed by atoms with Gasteiger partial charge in [0, 0.05) is 6.42 Å². The van der Waals surface area contributed by atoms with Crippen LogP contribution < -0.4 is 0 Å². The van der Waals surface area contributed by atoms with Crippen LogP contribution in [0.15, 0.2) is 24.3 Å². The number of carboxylic acid groups (broad SMARTS) is 1. The van der Waals surface area contributed by atoms with Crippen LogP contribution in [0.2, 0.25) is 0 Å². The van der Waals surface area contributed by atoms with Crippen LogP contribution in [0.25, 0.3) is 0 Å². The normalized spacial score (nSPS) is 24.2. The molecule has 1 unspecified atom stereocenters. The van der Waals surface area contributed by atoms with E-state index in [-0.39, 0.29) is 12.0 Å². The summed E-state index contributed by atoms with van der Waals surface area (Å²) in [5.74, 6) is -1.08. The highest BCUT2D eigenvalue weighted by Crippen LogP contribution is 2.42. The fraction of sp³-hybridized carbons (Fsp3) is 0.364. The van der Waals surface area contributed by atoms with E-state index in [4.69, 9.17) is 9.84 Å². The number of hydrogen-bond acceptors (Lipinski definition) is 2. The minimum absolute atomic E-state index is 0.0764. The lowest BCUT2D eigenvalue weighted by Crippen LogP contribution is -2.47. The van der Waals surface area contributed by atoms with Crippen molar-refractivity contribution in [3.05, 3.63) is 35.4 Å². The summed E-state index contributed by atoms with van der Waals surface area (Å²) in [5.41, 5.74) is -1.12. The lowest BCUT2D eigenvalue weighted by atomic mass is 9.86. The molecule has 0 amide bonds. The van der Waals surface area contributed by atoms with E-state index in [0.717, 1.165) is 0 Å². The standard InChI is InChI=1S/C11H10F2O3/c12-10(13)11(5-6-16-11)8-3-1-7(2-4-8)9(14)15/h1-4,10H,5-6H2,(H,14,15). The maximum atomic E-state index is 12.8. The van der Waals surface area contributed by atoms with Crippen LogP contribution in [0, 0.1) is 0 Å². The van der Waals surface area contributed by atoms with E-state index in [2.05, 4.69) is 0 Å². The number of alkyl halides is 2. The van der Waals surface area contributed by atoms with Crippen molar-refractivity contribution < 1.29 is 23.4 Å². The second-order valence-electron chi connectivity index (χ2n) is 3.67. The maximum Gasteiger partial charge on any atom is 0.335 e. The van der Waals surface area contributed by atoms with Gasteiger partial charge in [-0.1, -0.05) is 12.1 Å². The zero-order valence-electron chi connectivity index (χ0n) is 8.32. The van der Waals surface area contributed by atoms with Gasteiger partial charge in [0.2, 0.25) is 0 Å². The molecule has 0 bridgehead atoms. The molecule has 0 saturated carbocycles. The van der Waals surface area contributed by atoms with E-state index in [1.54, 1.807) is 0 Å². The van der Waals surface area contributed by atoms with Crippen molar-refractivity contribution in [2.24, 2.45) is 0 Å². The number of carbonyl (C=O) groups is 1. The third-order valence-electron chi connectivity index (χ3n) is 2.81. The molecule has 0 radical (unpaired) electrons. The Bertz CT molecular complexity index is 396. The van der Waals surface area contributed by atoms with E-state index in [0.29, 0.717) is 12.2 Å². The molecule has 1 heterocycles. The highest BCUT2D eigenvalue weighted by atomic mass is 19.3. The topological polar surface area (TPSA) is 46.5 Å². The SMILES string of the molecule is O=C(O)c1ccc(C2(C(F)F)CCO2)cc1. The molecule has 0 aromatic heterocycles. The average molecular weight is 228 g/mol. The third kappa shape index (κ3) is 1.57. The lowest BCUT2D eigenvalue weighted by molar-refractivity contribution is -0.225. The highest BCUT2D eigenvalue weighted by Gasteiger charge is 2.48. The molecule has 1 fully saturated rings. The Morgan fingerprint density at radius 1 is 1.38 bits per heavy atom. The first kappa shape index (κ1) is 11.0. The summed E-state index contributed by atoms with van der Waals surface area (Å²) in [7, 11) is 0. The first-order valence-electron chi connectivity index (χ1n) is 4.82. The Hall–Kier alpha value is -1.49. The van der Waals surface area contributed by atoms with Gasteiger partial charge in [-0.2, -0.15) is 0 Å². The zero-order chi connectivity index (χ0) is 11.8. The van der Waals surface area contributed by atoms with Gasteiger partial charge in [0.1, 0.15) is 0 Å². The van der Waals surface area contributed by atoms with Gasteiger partial charge in [-0.3, -0.25) is 0 Å². The molecule has 5 heteroatoms. The predicted octanol–water partition coefficient (Wildman–Crippen LogP) is 2.27. The first-order valence-corrected chi connectivity index (χ1v) is 4.82. The summed E-state index contributed by atoms with van der Waals surface area (Å²) in [4.78, 5) is 10.6. The molecular formula is C11H10F2O3. The molecule has 1 N–H and O–H groups in total. The molecule has 16 heavy (non-hydrogen) atoms. The van der Waals surface area contributed by atoms with Crippen molar-refractivity contribution >= 4 is 5.97 Å². The van der Waals surface area contributed by atoms with Gasteiger partial charge >= 0.3 is 5.97 Å². The molecule has 1 aromatic carbocycles. The Kier molecular flexibility index (Phi) is 2.63. The van der Waals surface area contributed by atoms with Gasteiger partial charge in [-0.25, -0.2) is 13.6 Å². The Labute approximate surface area is 90.7 Å². The molecule has 1 aliphatic heterocycles. The third-order valence-corrected chi connectivity index (χ3v) is 2.81. The summed E-state index contributed by atoms with van der Waals surface area (Å²) < 4.78 is 30.6. The number of benzene rings is 1. The van der Waals surface area contributed by atoms with E-state index in [1.165, 1.54) is 24.3 Å². The van der Waals surface area contributed by atoms with E-state index in [1.807, 2.05) is 0 Å². The highest BCUT2D eigenvalue weighted by molar-refractivity contribution is 5.87. The average Bonchev–Trinajstić information content (AvgIpc) is 2.16. The number of aromatic carboxylic acids is 1. The molecule has 1 saturated heterocycles. The molecule has 1 atom stereocenters. The zero-order valence-corrected chi connectivity index (χ0v) is 8.32. The Morgan fingerprint density at radius 2 is 1.94 bits per heavy atom. The van der Waals surface area contributed by atoms with Crippen molar-refractivity contribution in [1.29, 1.82) is 0 Å². The molecule has 1 aromatic rings. The minimum atomic E-state index is -2.60. The van der Waals surface area contributed by atoms with Crippen molar-refractivity contribution in [1.82, 2.24) is 0 Å². The van der Waals surface area contributed by atoms with Crippen LogP contribution in [0.5, 0.6) is 0 Å². The van der Waals surface area contributed by atoms with Gasteiger partial charge in [0.05, 0.1) is 12.2 Å². The van der Waals surface area contributed by atoms with Crippen molar-refractivity contribution in [2.75, 3.05) is 6.61 Å². The second-order valence-corrected chi connectivity index (χ2v) is 3.67. The van der Waals surface area contributed by atoms with E-state index < -0.39 is 18.0 Å². The molecular weight excluding hydrogens is 218 g/mol. The molecule has 1 aliphatic rings. The fourth-order valence-electron chi connectivity index (χ4n) is 1.74. The number of ether oxygens (including phenoxy) is 1. The van der Waals surface area contributed by atoms with Crippen LogP contribution in [0.3, 0.4) is 0 Å². The smallest absolute Gasteiger partial charge is 0.335 e. The van der Waals surface area contributed by atoms with Gasteiger partial charge in [0.25, 0.3) is 6.43 Å². The Balaban J connectivity index is 2.30. The number of hydrogen-bond donors (Lipinski definition) is 1. The van der Waals surface area contributed by atoms with Crippen molar-refractivity contribution in [2.45, 2.75) is 18.4 Å².